The summed E-state index contributed by atoms with van der Waals surface area (Å²) in [6, 6.07) is 6.34. The first-order valence-electron chi connectivity index (χ1n) is 6.70. The van der Waals surface area contributed by atoms with E-state index in [2.05, 4.69) is 17.6 Å². The molecule has 1 saturated heterocycles. The minimum Gasteiger partial charge on any atom is -0.348 e. The number of piperidine rings is 1. The Morgan fingerprint density at radius 1 is 1.35 bits per heavy atom. The summed E-state index contributed by atoms with van der Waals surface area (Å²) in [6.07, 6.45) is 2.11. The summed E-state index contributed by atoms with van der Waals surface area (Å²) in [5.41, 5.74) is 0.216. The molecule has 1 fully saturated rings. The van der Waals surface area contributed by atoms with Gasteiger partial charge < -0.3 is 10.6 Å². The van der Waals surface area contributed by atoms with Crippen molar-refractivity contribution in [2.75, 3.05) is 19.3 Å². The number of rotatable bonds is 3. The van der Waals surface area contributed by atoms with E-state index in [9.17, 15) is 13.2 Å². The number of carbonyl (C=O) groups excluding carboxylic acids is 1. The van der Waals surface area contributed by atoms with Crippen LogP contribution in [0.2, 0.25) is 0 Å². The van der Waals surface area contributed by atoms with Crippen LogP contribution in [0, 0.1) is 5.92 Å². The highest BCUT2D eigenvalue weighted by atomic mass is 32.2. The third-order valence-corrected chi connectivity index (χ3v) is 4.83. The zero-order valence-corrected chi connectivity index (χ0v) is 12.5. The van der Waals surface area contributed by atoms with Gasteiger partial charge in [0, 0.05) is 18.8 Å². The number of amides is 1. The van der Waals surface area contributed by atoms with Gasteiger partial charge in [-0.1, -0.05) is 19.1 Å². The van der Waals surface area contributed by atoms with Gasteiger partial charge >= 0.3 is 0 Å². The van der Waals surface area contributed by atoms with Gasteiger partial charge in [0.25, 0.3) is 5.91 Å². The molecule has 2 unspecified atom stereocenters. The van der Waals surface area contributed by atoms with Crippen LogP contribution in [0.3, 0.4) is 0 Å². The van der Waals surface area contributed by atoms with Crippen LogP contribution in [0.5, 0.6) is 0 Å². The molecule has 2 rings (SSSR count). The molecule has 110 valence electrons. The summed E-state index contributed by atoms with van der Waals surface area (Å²) in [7, 11) is -3.41. The fourth-order valence-corrected chi connectivity index (χ4v) is 3.29. The van der Waals surface area contributed by atoms with Gasteiger partial charge in [0.15, 0.2) is 9.84 Å². The van der Waals surface area contributed by atoms with Crippen molar-refractivity contribution in [3.8, 4) is 0 Å². The zero-order valence-electron chi connectivity index (χ0n) is 11.7. The number of sulfone groups is 1. The highest BCUT2D eigenvalue weighted by molar-refractivity contribution is 7.90. The molecule has 0 bridgehead atoms. The molecule has 6 heteroatoms. The lowest BCUT2D eigenvalue weighted by Gasteiger charge is -2.30. The number of carbonyl (C=O) groups is 1. The first-order chi connectivity index (χ1) is 9.39. The maximum atomic E-state index is 12.3. The van der Waals surface area contributed by atoms with E-state index in [0.717, 1.165) is 19.2 Å². The summed E-state index contributed by atoms with van der Waals surface area (Å²) in [6.45, 7) is 3.76. The molecular weight excluding hydrogens is 276 g/mol. The van der Waals surface area contributed by atoms with Crippen LogP contribution >= 0.6 is 0 Å². The van der Waals surface area contributed by atoms with Gasteiger partial charge in [-0.05, 0) is 31.0 Å². The Morgan fingerprint density at radius 3 is 2.70 bits per heavy atom. The highest BCUT2D eigenvalue weighted by Gasteiger charge is 2.25. The quantitative estimate of drug-likeness (QED) is 0.866. The molecule has 1 aromatic carbocycles. The van der Waals surface area contributed by atoms with Crippen molar-refractivity contribution < 1.29 is 13.2 Å². The smallest absolute Gasteiger partial charge is 0.252 e. The van der Waals surface area contributed by atoms with E-state index in [1.807, 2.05) is 0 Å². The summed E-state index contributed by atoms with van der Waals surface area (Å²) >= 11 is 0. The Morgan fingerprint density at radius 2 is 2.05 bits per heavy atom. The van der Waals surface area contributed by atoms with Gasteiger partial charge in [0.2, 0.25) is 0 Å². The Hall–Kier alpha value is -1.40. The van der Waals surface area contributed by atoms with E-state index in [1.165, 1.54) is 6.07 Å². The van der Waals surface area contributed by atoms with Gasteiger partial charge in [-0.3, -0.25) is 4.79 Å². The van der Waals surface area contributed by atoms with E-state index >= 15 is 0 Å². The molecule has 0 aliphatic carbocycles. The second kappa shape index (κ2) is 5.93. The van der Waals surface area contributed by atoms with Gasteiger partial charge in [0.05, 0.1) is 10.5 Å². The molecule has 1 aromatic rings. The molecule has 0 saturated carbocycles. The van der Waals surface area contributed by atoms with Crippen molar-refractivity contribution >= 4 is 15.7 Å². The Kier molecular flexibility index (Phi) is 4.45. The molecule has 0 aromatic heterocycles. The molecule has 2 atom stereocenters. The first kappa shape index (κ1) is 15.0. The van der Waals surface area contributed by atoms with Gasteiger partial charge in [0.1, 0.15) is 0 Å². The molecule has 1 heterocycles. The lowest BCUT2D eigenvalue weighted by atomic mass is 9.94. The van der Waals surface area contributed by atoms with Crippen LogP contribution in [0.25, 0.3) is 0 Å². The van der Waals surface area contributed by atoms with Crippen molar-refractivity contribution in [1.82, 2.24) is 10.6 Å². The van der Waals surface area contributed by atoms with Crippen molar-refractivity contribution in [2.24, 2.45) is 5.92 Å². The summed E-state index contributed by atoms with van der Waals surface area (Å²) < 4.78 is 23.4. The normalized spacial score (nSPS) is 23.3. The van der Waals surface area contributed by atoms with Crippen LogP contribution < -0.4 is 10.6 Å². The predicted octanol–water partition coefficient (Wildman–Crippen LogP) is 0.818. The molecule has 5 nitrogen and oxygen atoms in total. The van der Waals surface area contributed by atoms with Crippen molar-refractivity contribution in [1.29, 1.82) is 0 Å². The number of hydrogen-bond donors (Lipinski definition) is 2. The summed E-state index contributed by atoms with van der Waals surface area (Å²) in [5.74, 6) is 0.0529. The largest absolute Gasteiger partial charge is 0.348 e. The fourth-order valence-electron chi connectivity index (χ4n) is 2.41. The van der Waals surface area contributed by atoms with Crippen LogP contribution in [-0.2, 0) is 9.84 Å². The van der Waals surface area contributed by atoms with E-state index in [-0.39, 0.29) is 22.4 Å². The van der Waals surface area contributed by atoms with E-state index in [0.29, 0.717) is 12.5 Å². The lowest BCUT2D eigenvalue weighted by molar-refractivity contribution is 0.0912. The van der Waals surface area contributed by atoms with Crippen LogP contribution in [0.15, 0.2) is 29.2 Å². The summed E-state index contributed by atoms with van der Waals surface area (Å²) in [4.78, 5) is 12.4. The van der Waals surface area contributed by atoms with Crippen molar-refractivity contribution in [2.45, 2.75) is 24.3 Å². The molecular formula is C14H20N2O3S. The predicted molar refractivity (Wildman–Crippen MR) is 77.5 cm³/mol. The van der Waals surface area contributed by atoms with Gasteiger partial charge in [-0.2, -0.15) is 0 Å². The van der Waals surface area contributed by atoms with Gasteiger partial charge in [-0.25, -0.2) is 8.42 Å². The molecule has 0 radical (unpaired) electrons. The minimum absolute atomic E-state index is 0.0314. The topological polar surface area (TPSA) is 75.3 Å². The third kappa shape index (κ3) is 3.37. The van der Waals surface area contributed by atoms with Crippen molar-refractivity contribution in [3.63, 3.8) is 0 Å². The number of nitrogens with one attached hydrogen (secondary N) is 2. The molecule has 20 heavy (non-hydrogen) atoms. The first-order valence-corrected chi connectivity index (χ1v) is 8.59. The Balaban J connectivity index is 2.22. The molecule has 1 amide bonds. The highest BCUT2D eigenvalue weighted by Crippen LogP contribution is 2.17. The number of benzene rings is 1. The average Bonchev–Trinajstić information content (AvgIpc) is 2.40. The fraction of sp³-hybridized carbons (Fsp3) is 0.500. The SMILES string of the molecule is CC1CCNCC1NC(=O)c1ccccc1S(C)(=O)=O. The zero-order chi connectivity index (χ0) is 14.8. The second-order valence-corrected chi connectivity index (χ2v) is 7.30. The average molecular weight is 296 g/mol. The molecule has 2 N–H and O–H groups in total. The van der Waals surface area contributed by atoms with Crippen molar-refractivity contribution in [3.05, 3.63) is 29.8 Å². The second-order valence-electron chi connectivity index (χ2n) is 5.32. The molecule has 1 aliphatic rings. The molecule has 1 aliphatic heterocycles. The van der Waals surface area contributed by atoms with Crippen LogP contribution in [-0.4, -0.2) is 39.7 Å². The standard InChI is InChI=1S/C14H20N2O3S/c1-10-7-8-15-9-12(10)16-14(17)11-5-3-4-6-13(11)20(2,18)19/h3-6,10,12,15H,7-9H2,1-2H3,(H,16,17). The van der Waals surface area contributed by atoms with Crippen LogP contribution in [0.4, 0.5) is 0 Å². The Labute approximate surface area is 119 Å². The van der Waals surface area contributed by atoms with Gasteiger partial charge in [-0.15, -0.1) is 0 Å². The van der Waals surface area contributed by atoms with E-state index < -0.39 is 9.84 Å². The maximum Gasteiger partial charge on any atom is 0.252 e. The summed E-state index contributed by atoms with van der Waals surface area (Å²) in [5, 5.41) is 6.17. The maximum absolute atomic E-state index is 12.3. The third-order valence-electron chi connectivity index (χ3n) is 3.68. The lowest BCUT2D eigenvalue weighted by Crippen LogP contribution is -2.50. The number of hydrogen-bond acceptors (Lipinski definition) is 4. The monoisotopic (exact) mass is 296 g/mol. The van der Waals surface area contributed by atoms with E-state index in [4.69, 9.17) is 0 Å². The minimum atomic E-state index is -3.41. The Bertz CT molecular complexity index is 598. The van der Waals surface area contributed by atoms with Crippen LogP contribution in [0.1, 0.15) is 23.7 Å². The molecule has 0 spiro atoms. The van der Waals surface area contributed by atoms with E-state index in [1.54, 1.807) is 18.2 Å².